The molecular weight excluding hydrogens is 308 g/mol. The minimum atomic E-state index is 0.0403. The number of aliphatic imine (C=N–C) groups is 1. The van der Waals surface area contributed by atoms with Gasteiger partial charge in [-0.3, -0.25) is 19.2 Å². The highest BCUT2D eigenvalue weighted by molar-refractivity contribution is 5.98. The van der Waals surface area contributed by atoms with Gasteiger partial charge in [0, 0.05) is 58.7 Å². The van der Waals surface area contributed by atoms with Gasteiger partial charge in [0.2, 0.25) is 5.91 Å². The number of aryl methyl sites for hydroxylation is 2. The first-order valence-corrected chi connectivity index (χ1v) is 7.79. The van der Waals surface area contributed by atoms with Crippen LogP contribution in [-0.2, 0) is 25.4 Å². The highest BCUT2D eigenvalue weighted by Gasteiger charge is 2.27. The van der Waals surface area contributed by atoms with E-state index in [1.54, 1.807) is 27.5 Å². The second kappa shape index (κ2) is 6.73. The molecule has 3 heterocycles. The van der Waals surface area contributed by atoms with Crippen molar-refractivity contribution in [3.8, 4) is 0 Å². The zero-order chi connectivity index (χ0) is 17.1. The normalized spacial score (nSPS) is 16.0. The third kappa shape index (κ3) is 3.39. The molecule has 0 saturated carbocycles. The summed E-state index contributed by atoms with van der Waals surface area (Å²) in [5.74, 6) is 0.761. The van der Waals surface area contributed by atoms with Crippen LogP contribution in [0, 0.1) is 0 Å². The average Bonchev–Trinajstić information content (AvgIpc) is 3.16. The van der Waals surface area contributed by atoms with Gasteiger partial charge in [0.15, 0.2) is 5.96 Å². The number of carbonyl (C=O) groups is 1. The van der Waals surface area contributed by atoms with Crippen LogP contribution >= 0.6 is 0 Å². The average molecular weight is 330 g/mol. The number of hydrogen-bond donors (Lipinski definition) is 1. The summed E-state index contributed by atoms with van der Waals surface area (Å²) in [5, 5.41) is 11.6. The van der Waals surface area contributed by atoms with Crippen LogP contribution in [0.15, 0.2) is 29.8 Å². The smallest absolute Gasteiger partial charge is 0.246 e. The van der Waals surface area contributed by atoms with Crippen molar-refractivity contribution >= 4 is 17.6 Å². The Morgan fingerprint density at radius 3 is 2.54 bits per heavy atom. The standard InChI is InChI=1S/C15H22N8O/c1-16-15(17-6-12-7-18-20(2)9-12)22-4-5-23(14(24)11-22)13-8-19-21(3)10-13/h7-10H,4-6,11H2,1-3H3,(H,16,17). The van der Waals surface area contributed by atoms with Gasteiger partial charge in [-0.05, 0) is 0 Å². The third-order valence-corrected chi connectivity index (χ3v) is 3.94. The van der Waals surface area contributed by atoms with E-state index >= 15 is 0 Å². The minimum Gasteiger partial charge on any atom is -0.352 e. The molecule has 1 fully saturated rings. The van der Waals surface area contributed by atoms with Crippen LogP contribution in [0.2, 0.25) is 0 Å². The van der Waals surface area contributed by atoms with Crippen LogP contribution in [0.1, 0.15) is 5.56 Å². The second-order valence-electron chi connectivity index (χ2n) is 5.76. The Labute approximate surface area is 140 Å². The number of nitrogens with zero attached hydrogens (tertiary/aromatic N) is 7. The number of aromatic nitrogens is 4. The highest BCUT2D eigenvalue weighted by atomic mass is 16.2. The van der Waals surface area contributed by atoms with E-state index < -0.39 is 0 Å². The molecule has 2 aromatic heterocycles. The molecule has 1 aliphatic rings. The largest absolute Gasteiger partial charge is 0.352 e. The Kier molecular flexibility index (Phi) is 4.50. The molecule has 0 spiro atoms. The predicted molar refractivity (Wildman–Crippen MR) is 90.5 cm³/mol. The molecule has 0 radical (unpaired) electrons. The van der Waals surface area contributed by atoms with Gasteiger partial charge < -0.3 is 15.1 Å². The fourth-order valence-corrected chi connectivity index (χ4v) is 2.75. The lowest BCUT2D eigenvalue weighted by atomic mass is 10.3. The lowest BCUT2D eigenvalue weighted by molar-refractivity contribution is -0.120. The Morgan fingerprint density at radius 1 is 1.21 bits per heavy atom. The van der Waals surface area contributed by atoms with Gasteiger partial charge in [0.25, 0.3) is 0 Å². The van der Waals surface area contributed by atoms with Crippen molar-refractivity contribution in [2.45, 2.75) is 6.54 Å². The Bertz CT molecular complexity index is 746. The molecule has 0 aromatic carbocycles. The van der Waals surface area contributed by atoms with Crippen molar-refractivity contribution in [3.63, 3.8) is 0 Å². The fraction of sp³-hybridized carbons (Fsp3) is 0.467. The maximum Gasteiger partial charge on any atom is 0.246 e. The number of anilines is 1. The van der Waals surface area contributed by atoms with Gasteiger partial charge >= 0.3 is 0 Å². The van der Waals surface area contributed by atoms with Gasteiger partial charge in [0.1, 0.15) is 6.54 Å². The fourth-order valence-electron chi connectivity index (χ4n) is 2.75. The Balaban J connectivity index is 1.60. The molecule has 0 aliphatic carbocycles. The van der Waals surface area contributed by atoms with E-state index in [2.05, 4.69) is 20.5 Å². The summed E-state index contributed by atoms with van der Waals surface area (Å²) in [6.07, 6.45) is 7.32. The maximum atomic E-state index is 12.5. The zero-order valence-corrected chi connectivity index (χ0v) is 14.2. The van der Waals surface area contributed by atoms with Crippen LogP contribution < -0.4 is 10.2 Å². The first-order chi connectivity index (χ1) is 11.6. The van der Waals surface area contributed by atoms with E-state index in [0.717, 1.165) is 17.2 Å². The number of amides is 1. The second-order valence-corrected chi connectivity index (χ2v) is 5.76. The van der Waals surface area contributed by atoms with Gasteiger partial charge in [-0.25, -0.2) is 0 Å². The molecule has 0 bridgehead atoms. The zero-order valence-electron chi connectivity index (χ0n) is 14.2. The minimum absolute atomic E-state index is 0.0403. The van der Waals surface area contributed by atoms with Gasteiger partial charge in [0.05, 0.1) is 18.1 Å². The summed E-state index contributed by atoms with van der Waals surface area (Å²) in [7, 11) is 5.45. The summed E-state index contributed by atoms with van der Waals surface area (Å²) in [5.41, 5.74) is 1.90. The van der Waals surface area contributed by atoms with Crippen molar-refractivity contribution in [2.75, 3.05) is 31.6 Å². The summed E-state index contributed by atoms with van der Waals surface area (Å²) in [6, 6.07) is 0. The summed E-state index contributed by atoms with van der Waals surface area (Å²) >= 11 is 0. The van der Waals surface area contributed by atoms with Crippen LogP contribution in [0.3, 0.4) is 0 Å². The molecule has 24 heavy (non-hydrogen) atoms. The summed E-state index contributed by atoms with van der Waals surface area (Å²) in [6.45, 7) is 2.24. The van der Waals surface area contributed by atoms with Crippen molar-refractivity contribution in [1.29, 1.82) is 0 Å². The molecule has 1 N–H and O–H groups in total. The molecule has 1 amide bonds. The van der Waals surface area contributed by atoms with Crippen molar-refractivity contribution in [1.82, 2.24) is 29.8 Å². The van der Waals surface area contributed by atoms with Crippen LogP contribution in [0.25, 0.3) is 0 Å². The van der Waals surface area contributed by atoms with Crippen molar-refractivity contribution in [2.24, 2.45) is 19.1 Å². The molecule has 0 atom stereocenters. The van der Waals surface area contributed by atoms with Crippen LogP contribution in [0.4, 0.5) is 5.69 Å². The molecule has 1 saturated heterocycles. The van der Waals surface area contributed by atoms with E-state index in [4.69, 9.17) is 0 Å². The molecule has 1 aliphatic heterocycles. The van der Waals surface area contributed by atoms with Gasteiger partial charge in [-0.2, -0.15) is 10.2 Å². The molecule has 9 nitrogen and oxygen atoms in total. The van der Waals surface area contributed by atoms with E-state index in [0.29, 0.717) is 26.2 Å². The van der Waals surface area contributed by atoms with Gasteiger partial charge in [-0.15, -0.1) is 0 Å². The lowest BCUT2D eigenvalue weighted by Crippen LogP contribution is -2.55. The van der Waals surface area contributed by atoms with Crippen molar-refractivity contribution < 1.29 is 4.79 Å². The Hall–Kier alpha value is -2.84. The first-order valence-electron chi connectivity index (χ1n) is 7.79. The van der Waals surface area contributed by atoms with Crippen molar-refractivity contribution in [3.05, 3.63) is 30.4 Å². The number of carbonyl (C=O) groups excluding carboxylic acids is 1. The van der Waals surface area contributed by atoms with E-state index in [-0.39, 0.29) is 5.91 Å². The monoisotopic (exact) mass is 330 g/mol. The van der Waals surface area contributed by atoms with Crippen LogP contribution in [-0.4, -0.2) is 63.0 Å². The predicted octanol–water partition coefficient (Wildman–Crippen LogP) is -0.422. The SMILES string of the molecule is CN=C(NCc1cnn(C)c1)N1CCN(c2cnn(C)c2)C(=O)C1. The number of piperazine rings is 1. The third-order valence-electron chi connectivity index (χ3n) is 3.94. The highest BCUT2D eigenvalue weighted by Crippen LogP contribution is 2.16. The lowest BCUT2D eigenvalue weighted by Gasteiger charge is -2.35. The molecule has 2 aromatic rings. The number of guanidine groups is 1. The topological polar surface area (TPSA) is 83.6 Å². The maximum absolute atomic E-state index is 12.5. The number of nitrogens with one attached hydrogen (secondary N) is 1. The summed E-state index contributed by atoms with van der Waals surface area (Å²) < 4.78 is 3.46. The molecule has 9 heteroatoms. The quantitative estimate of drug-likeness (QED) is 0.610. The van der Waals surface area contributed by atoms with Crippen LogP contribution in [0.5, 0.6) is 0 Å². The Morgan fingerprint density at radius 2 is 1.96 bits per heavy atom. The first kappa shape index (κ1) is 16.0. The molecule has 0 unspecified atom stereocenters. The molecule has 3 rings (SSSR count). The summed E-state index contributed by atoms with van der Waals surface area (Å²) in [4.78, 5) is 20.5. The molecular formula is C15H22N8O. The van der Waals surface area contributed by atoms with E-state index in [1.165, 1.54) is 0 Å². The number of hydrogen-bond acceptors (Lipinski definition) is 4. The van der Waals surface area contributed by atoms with Gasteiger partial charge in [-0.1, -0.05) is 0 Å². The van der Waals surface area contributed by atoms with E-state index in [9.17, 15) is 4.79 Å². The number of rotatable bonds is 3. The molecule has 128 valence electrons. The van der Waals surface area contributed by atoms with E-state index in [1.807, 2.05) is 37.6 Å².